The molecule has 0 radical (unpaired) electrons. The summed E-state index contributed by atoms with van der Waals surface area (Å²) in [4.78, 5) is 54.2. The number of nitrogens with two attached hydrogens (primary N) is 3. The molecule has 1 heterocycles. The van der Waals surface area contributed by atoms with Crippen molar-refractivity contribution < 1.29 is 24.3 Å². The van der Waals surface area contributed by atoms with Crippen LogP contribution in [0.25, 0.3) is 0 Å². The third-order valence-corrected chi connectivity index (χ3v) is 7.49. The zero-order valence-corrected chi connectivity index (χ0v) is 23.8. The Hall–Kier alpha value is -4.74. The first-order valence-electron chi connectivity index (χ1n) is 14.2. The Balaban J connectivity index is 1.49. The number of likely N-dealkylation sites (tertiary alicyclic amines) is 1. The van der Waals surface area contributed by atoms with Crippen LogP contribution in [-0.4, -0.2) is 70.4 Å². The van der Waals surface area contributed by atoms with Gasteiger partial charge in [0.05, 0.1) is 6.04 Å². The predicted molar refractivity (Wildman–Crippen MR) is 161 cm³/mol. The van der Waals surface area contributed by atoms with Crippen molar-refractivity contribution in [1.82, 2.24) is 15.5 Å². The molecule has 1 aliphatic rings. The lowest BCUT2D eigenvalue weighted by Crippen LogP contribution is -2.58. The highest BCUT2D eigenvalue weighted by molar-refractivity contribution is 5.95. The molecule has 226 valence electrons. The molecule has 1 fully saturated rings. The summed E-state index contributed by atoms with van der Waals surface area (Å²) in [6, 6.07) is 20.2. The van der Waals surface area contributed by atoms with Crippen LogP contribution < -0.4 is 27.8 Å². The number of nitrogens with zero attached hydrogens (tertiary/aromatic N) is 1. The maximum Gasteiger partial charge on any atom is 0.243 e. The smallest absolute Gasteiger partial charge is 0.243 e. The standard InChI is InChI=1S/C32H38N6O5/c33-23-18-28(38(19-23)32(43)25(34)15-22-11-13-24(39)14-12-22)31(42)37-27(17-21-9-5-2-6-10-21)30(41)36-26(29(35)40)16-20-7-3-1-4-8-20/h1-14,23,25-28,39H,15-19,33-34H2,(H2,35,40)(H,36,41)(H,37,42)/t23-,25+,26+,27+,28+/m1/s1. The van der Waals surface area contributed by atoms with Crippen LogP contribution in [0.5, 0.6) is 5.75 Å². The number of hydrogen-bond acceptors (Lipinski definition) is 7. The van der Waals surface area contributed by atoms with Crippen LogP contribution in [-0.2, 0) is 38.4 Å². The summed E-state index contributed by atoms with van der Waals surface area (Å²) in [5.41, 5.74) is 20.4. The predicted octanol–water partition coefficient (Wildman–Crippen LogP) is 0.131. The molecular weight excluding hydrogens is 548 g/mol. The van der Waals surface area contributed by atoms with Crippen LogP contribution in [0.2, 0.25) is 0 Å². The summed E-state index contributed by atoms with van der Waals surface area (Å²) in [5, 5.41) is 15.0. The molecule has 43 heavy (non-hydrogen) atoms. The van der Waals surface area contributed by atoms with Gasteiger partial charge in [0.2, 0.25) is 23.6 Å². The summed E-state index contributed by atoms with van der Waals surface area (Å²) in [5.74, 6) is -2.18. The number of aromatic hydroxyl groups is 1. The van der Waals surface area contributed by atoms with E-state index in [2.05, 4.69) is 10.6 Å². The van der Waals surface area contributed by atoms with Crippen LogP contribution in [0.15, 0.2) is 84.9 Å². The highest BCUT2D eigenvalue weighted by atomic mass is 16.3. The van der Waals surface area contributed by atoms with E-state index in [1.54, 1.807) is 12.1 Å². The number of carbonyl (C=O) groups excluding carboxylic acids is 4. The van der Waals surface area contributed by atoms with E-state index in [0.717, 1.165) is 16.7 Å². The monoisotopic (exact) mass is 586 g/mol. The maximum absolute atomic E-state index is 13.6. The van der Waals surface area contributed by atoms with Gasteiger partial charge in [-0.05, 0) is 41.7 Å². The van der Waals surface area contributed by atoms with Gasteiger partial charge in [0, 0.05) is 25.4 Å². The summed E-state index contributed by atoms with van der Waals surface area (Å²) >= 11 is 0. The molecule has 4 rings (SSSR count). The first-order valence-corrected chi connectivity index (χ1v) is 14.2. The molecule has 0 saturated carbocycles. The van der Waals surface area contributed by atoms with Crippen molar-refractivity contribution in [2.24, 2.45) is 17.2 Å². The van der Waals surface area contributed by atoms with Crippen LogP contribution in [0.3, 0.4) is 0 Å². The van der Waals surface area contributed by atoms with E-state index < -0.39 is 53.8 Å². The number of hydrogen-bond donors (Lipinski definition) is 6. The summed E-state index contributed by atoms with van der Waals surface area (Å²) < 4.78 is 0. The molecule has 0 aliphatic carbocycles. The van der Waals surface area contributed by atoms with Gasteiger partial charge >= 0.3 is 0 Å². The number of nitrogens with one attached hydrogen (secondary N) is 2. The van der Waals surface area contributed by atoms with Crippen molar-refractivity contribution in [1.29, 1.82) is 0 Å². The van der Waals surface area contributed by atoms with Crippen LogP contribution in [0.1, 0.15) is 23.1 Å². The average Bonchev–Trinajstić information content (AvgIpc) is 3.39. The zero-order valence-electron chi connectivity index (χ0n) is 23.8. The Morgan fingerprint density at radius 2 is 1.33 bits per heavy atom. The highest BCUT2D eigenvalue weighted by Gasteiger charge is 2.41. The van der Waals surface area contributed by atoms with Gasteiger partial charge < -0.3 is 37.8 Å². The fourth-order valence-corrected chi connectivity index (χ4v) is 5.22. The highest BCUT2D eigenvalue weighted by Crippen LogP contribution is 2.20. The fraction of sp³-hybridized carbons (Fsp3) is 0.312. The Bertz CT molecular complexity index is 1400. The van der Waals surface area contributed by atoms with Gasteiger partial charge in [-0.15, -0.1) is 0 Å². The van der Waals surface area contributed by atoms with Gasteiger partial charge in [-0.25, -0.2) is 0 Å². The first kappa shape index (κ1) is 31.2. The molecule has 1 aliphatic heterocycles. The topological polar surface area (TPSA) is 194 Å². The third-order valence-electron chi connectivity index (χ3n) is 7.49. The molecule has 11 nitrogen and oxygen atoms in total. The molecule has 0 spiro atoms. The molecule has 0 bridgehead atoms. The lowest BCUT2D eigenvalue weighted by molar-refractivity contribution is -0.140. The van der Waals surface area contributed by atoms with Crippen LogP contribution in [0, 0.1) is 0 Å². The molecular formula is C32H38N6O5. The molecule has 11 heteroatoms. The second-order valence-corrected chi connectivity index (χ2v) is 10.9. The second kappa shape index (κ2) is 14.4. The fourth-order valence-electron chi connectivity index (χ4n) is 5.22. The Labute approximate surface area is 250 Å². The number of primary amides is 1. The number of carbonyl (C=O) groups is 4. The largest absolute Gasteiger partial charge is 0.508 e. The zero-order chi connectivity index (χ0) is 30.9. The normalized spacial score (nSPS) is 18.3. The third kappa shape index (κ3) is 8.63. The lowest BCUT2D eigenvalue weighted by atomic mass is 10.0. The number of rotatable bonds is 12. The van der Waals surface area contributed by atoms with Crippen molar-refractivity contribution in [3.8, 4) is 5.75 Å². The lowest BCUT2D eigenvalue weighted by Gasteiger charge is -2.29. The molecule has 0 aromatic heterocycles. The van der Waals surface area contributed by atoms with Crippen molar-refractivity contribution in [2.45, 2.75) is 55.9 Å². The Morgan fingerprint density at radius 1 is 0.791 bits per heavy atom. The van der Waals surface area contributed by atoms with Crippen LogP contribution in [0.4, 0.5) is 0 Å². The SMILES string of the molecule is NC(=O)[C@H](Cc1ccccc1)NC(=O)[C@H](Cc1ccccc1)NC(=O)[C@@H]1C[C@@H](N)CN1C(=O)[C@@H](N)Cc1ccc(O)cc1. The Morgan fingerprint density at radius 3 is 1.88 bits per heavy atom. The molecule has 1 saturated heterocycles. The van der Waals surface area contributed by atoms with Gasteiger partial charge in [-0.3, -0.25) is 19.2 Å². The van der Waals surface area contributed by atoms with Gasteiger partial charge in [-0.1, -0.05) is 72.8 Å². The number of phenolic OH excluding ortho intramolecular Hbond substituents is 1. The molecule has 0 unspecified atom stereocenters. The van der Waals surface area contributed by atoms with Gasteiger partial charge in [0.1, 0.15) is 23.9 Å². The maximum atomic E-state index is 13.6. The van der Waals surface area contributed by atoms with E-state index in [0.29, 0.717) is 0 Å². The number of benzene rings is 3. The van der Waals surface area contributed by atoms with Crippen molar-refractivity contribution >= 4 is 23.6 Å². The van der Waals surface area contributed by atoms with Gasteiger partial charge in [-0.2, -0.15) is 0 Å². The molecule has 5 atom stereocenters. The van der Waals surface area contributed by atoms with Crippen molar-refractivity contribution in [3.05, 3.63) is 102 Å². The van der Waals surface area contributed by atoms with E-state index in [1.165, 1.54) is 17.0 Å². The minimum atomic E-state index is -1.06. The first-order chi connectivity index (χ1) is 20.6. The molecule has 4 amide bonds. The second-order valence-electron chi connectivity index (χ2n) is 10.9. The minimum Gasteiger partial charge on any atom is -0.508 e. The molecule has 3 aromatic carbocycles. The van der Waals surface area contributed by atoms with E-state index in [1.807, 2.05) is 60.7 Å². The molecule has 3 aromatic rings. The van der Waals surface area contributed by atoms with Crippen LogP contribution >= 0.6 is 0 Å². The molecule has 9 N–H and O–H groups in total. The van der Waals surface area contributed by atoms with E-state index >= 15 is 0 Å². The van der Waals surface area contributed by atoms with Gasteiger partial charge in [0.25, 0.3) is 0 Å². The minimum absolute atomic E-state index is 0.0993. The average molecular weight is 587 g/mol. The summed E-state index contributed by atoms with van der Waals surface area (Å²) in [6.07, 6.45) is 0.726. The van der Waals surface area contributed by atoms with Gasteiger partial charge in [0.15, 0.2) is 0 Å². The van der Waals surface area contributed by atoms with E-state index in [9.17, 15) is 24.3 Å². The quantitative estimate of drug-likeness (QED) is 0.174. The van der Waals surface area contributed by atoms with Crippen molar-refractivity contribution in [3.63, 3.8) is 0 Å². The van der Waals surface area contributed by atoms with Crippen molar-refractivity contribution in [2.75, 3.05) is 6.54 Å². The number of phenols is 1. The summed E-state index contributed by atoms with van der Waals surface area (Å²) in [7, 11) is 0. The Kier molecular flexibility index (Phi) is 10.5. The summed E-state index contributed by atoms with van der Waals surface area (Å²) in [6.45, 7) is 0.135. The van der Waals surface area contributed by atoms with E-state index in [-0.39, 0.29) is 38.0 Å². The van der Waals surface area contributed by atoms with E-state index in [4.69, 9.17) is 17.2 Å². The number of amides is 4.